The first-order valence-electron chi connectivity index (χ1n) is 9.52. The average molecular weight is 329 g/mol. The summed E-state index contributed by atoms with van der Waals surface area (Å²) in [7, 11) is 0. The highest BCUT2D eigenvalue weighted by Gasteiger charge is 2.11. The van der Waals surface area contributed by atoms with Gasteiger partial charge < -0.3 is 4.57 Å². The van der Waals surface area contributed by atoms with Gasteiger partial charge in [-0.2, -0.15) is 0 Å². The van der Waals surface area contributed by atoms with Crippen molar-refractivity contribution in [1.29, 1.82) is 0 Å². The van der Waals surface area contributed by atoms with Crippen molar-refractivity contribution >= 4 is 37.7 Å². The normalized spacial score (nSPS) is 16.1. The molecule has 0 atom stereocenters. The van der Waals surface area contributed by atoms with Crippen LogP contribution in [0.3, 0.4) is 0 Å². The van der Waals surface area contributed by atoms with Crippen molar-refractivity contribution in [2.24, 2.45) is 0 Å². The molecule has 3 aromatic carbocycles. The van der Waals surface area contributed by atoms with Gasteiger partial charge in [-0.1, -0.05) is 58.3 Å². The van der Waals surface area contributed by atoms with Gasteiger partial charge >= 0.3 is 0 Å². The van der Waals surface area contributed by atoms with Crippen molar-refractivity contribution in [3.05, 3.63) is 77.1 Å². The number of aromatic nitrogens is 1. The van der Waals surface area contributed by atoms with E-state index in [0.29, 0.717) is 5.69 Å². The second-order valence-corrected chi connectivity index (χ2v) is 5.10. The Balaban J connectivity index is 2.45. The molecule has 2 heteroatoms. The second kappa shape index (κ2) is 4.50. The lowest BCUT2D eigenvalue weighted by molar-refractivity contribution is 1.18. The highest BCUT2D eigenvalue weighted by Crippen LogP contribution is 2.33. The third-order valence-corrected chi connectivity index (χ3v) is 3.54. The lowest BCUT2D eigenvalue weighted by Crippen LogP contribution is -1.92. The third-order valence-electron chi connectivity index (χ3n) is 3.14. The van der Waals surface area contributed by atoms with Gasteiger partial charge in [-0.25, -0.2) is 0 Å². The molecule has 0 fully saturated rings. The first-order chi connectivity index (χ1) is 12.8. The second-order valence-electron chi connectivity index (χ2n) is 4.31. The molecule has 0 aliphatic heterocycles. The van der Waals surface area contributed by atoms with E-state index in [1.165, 1.54) is 0 Å². The smallest absolute Gasteiger partial charge is 0.0657 e. The van der Waals surface area contributed by atoms with E-state index >= 15 is 0 Å². The van der Waals surface area contributed by atoms with Gasteiger partial charge in [-0.3, -0.25) is 0 Å². The first-order valence-corrected chi connectivity index (χ1v) is 6.81. The van der Waals surface area contributed by atoms with E-state index in [4.69, 9.17) is 9.60 Å². The molecular weight excluding hydrogens is 310 g/mol. The Morgan fingerprint density at radius 2 is 1.60 bits per heavy atom. The van der Waals surface area contributed by atoms with Crippen molar-refractivity contribution in [3.63, 3.8) is 0 Å². The maximum absolute atomic E-state index is 8.51. The molecule has 0 spiro atoms. The minimum Gasteiger partial charge on any atom is -0.309 e. The van der Waals surface area contributed by atoms with Crippen LogP contribution in [-0.4, -0.2) is 4.57 Å². The van der Waals surface area contributed by atoms with Crippen molar-refractivity contribution in [1.82, 2.24) is 4.57 Å². The minimum absolute atomic E-state index is 0.0390. The maximum Gasteiger partial charge on any atom is 0.0657 e. The molecule has 0 radical (unpaired) electrons. The lowest BCUT2D eigenvalue weighted by Gasteiger charge is -2.07. The quantitative estimate of drug-likeness (QED) is 0.432. The molecule has 0 unspecified atom stereocenters. The summed E-state index contributed by atoms with van der Waals surface area (Å²) in [5.41, 5.74) is 1.08. The van der Waals surface area contributed by atoms with Gasteiger partial charge in [-0.15, -0.1) is 0 Å². The molecule has 0 saturated carbocycles. The molecule has 0 aliphatic carbocycles. The first kappa shape index (κ1) is 6.59. The SMILES string of the molecule is [2H]c1c([2H])c([2H])c2c(c1[2H])c1c([2H])c([2H])c(Br)c([2H])c1n2-c1ccccc1. The zero-order valence-electron chi connectivity index (χ0n) is 17.2. The van der Waals surface area contributed by atoms with Crippen LogP contribution in [0, 0.1) is 0 Å². The Morgan fingerprint density at radius 3 is 2.45 bits per heavy atom. The van der Waals surface area contributed by atoms with Crippen LogP contribution in [0.15, 0.2) is 77.1 Å². The summed E-state index contributed by atoms with van der Waals surface area (Å²) in [6, 6.07) is 7.23. The Hall–Kier alpha value is -2.06. The number of halogens is 1. The number of fused-ring (bicyclic) bond motifs is 3. The number of rotatable bonds is 1. The summed E-state index contributed by atoms with van der Waals surface area (Å²) in [6.07, 6.45) is 0. The fourth-order valence-electron chi connectivity index (χ4n) is 2.32. The van der Waals surface area contributed by atoms with Gasteiger partial charge in [0.25, 0.3) is 0 Å². The number of hydrogen-bond donors (Lipinski definition) is 0. The molecule has 96 valence electrons. The fourth-order valence-corrected chi connectivity index (χ4v) is 2.61. The third kappa shape index (κ3) is 1.69. The molecule has 0 N–H and O–H groups in total. The molecule has 0 aliphatic rings. The zero-order valence-corrected chi connectivity index (χ0v) is 11.8. The van der Waals surface area contributed by atoms with Crippen LogP contribution in [0.2, 0.25) is 0 Å². The van der Waals surface area contributed by atoms with Crippen molar-refractivity contribution in [3.8, 4) is 5.69 Å². The Bertz CT molecular complexity index is 1170. The molecule has 1 aromatic heterocycles. The Kier molecular flexibility index (Phi) is 1.48. The molecule has 0 saturated heterocycles. The molecule has 1 heterocycles. The van der Waals surface area contributed by atoms with Gasteiger partial charge in [0.05, 0.1) is 20.6 Å². The lowest BCUT2D eigenvalue weighted by atomic mass is 10.2. The standard InChI is InChI=1S/C18H12BrN/c19-13-10-11-16-15-8-4-5-9-17(15)20(18(16)12-13)14-6-2-1-3-7-14/h1-12H/i4D,5D,8D,9D,10D,11D,12D. The zero-order chi connectivity index (χ0) is 19.6. The summed E-state index contributed by atoms with van der Waals surface area (Å²) in [5.74, 6) is 0. The van der Waals surface area contributed by atoms with E-state index in [-0.39, 0.29) is 62.5 Å². The summed E-state index contributed by atoms with van der Waals surface area (Å²) in [5, 5.41) is 0.332. The molecular formula is C18H12BrN. The molecule has 20 heavy (non-hydrogen) atoms. The van der Waals surface area contributed by atoms with Gasteiger partial charge in [-0.05, 0) is 30.3 Å². The largest absolute Gasteiger partial charge is 0.309 e. The van der Waals surface area contributed by atoms with E-state index in [0.717, 1.165) is 0 Å². The monoisotopic (exact) mass is 328 g/mol. The van der Waals surface area contributed by atoms with Crippen molar-refractivity contribution < 1.29 is 9.60 Å². The predicted octanol–water partition coefficient (Wildman–Crippen LogP) is 5.55. The molecule has 0 bridgehead atoms. The maximum atomic E-state index is 8.51. The van der Waals surface area contributed by atoms with Gasteiger partial charge in [0.2, 0.25) is 0 Å². The van der Waals surface area contributed by atoms with Gasteiger partial charge in [0.1, 0.15) is 0 Å². The van der Waals surface area contributed by atoms with Crippen LogP contribution >= 0.6 is 15.9 Å². The Labute approximate surface area is 135 Å². The van der Waals surface area contributed by atoms with E-state index in [1.54, 1.807) is 28.8 Å². The van der Waals surface area contributed by atoms with Crippen LogP contribution in [0.4, 0.5) is 0 Å². The summed E-state index contributed by atoms with van der Waals surface area (Å²) in [6.45, 7) is 0. The average Bonchev–Trinajstić information content (AvgIpc) is 3.04. The van der Waals surface area contributed by atoms with E-state index < -0.39 is 6.04 Å². The number of benzene rings is 3. The predicted molar refractivity (Wildman–Crippen MR) is 88.5 cm³/mol. The fraction of sp³-hybridized carbons (Fsp3) is 0. The summed E-state index contributed by atoms with van der Waals surface area (Å²) in [4.78, 5) is 0. The van der Waals surface area contributed by atoms with Crippen molar-refractivity contribution in [2.45, 2.75) is 0 Å². The summed E-state index contributed by atoms with van der Waals surface area (Å²) < 4.78 is 59.6. The van der Waals surface area contributed by atoms with Crippen LogP contribution < -0.4 is 0 Å². The van der Waals surface area contributed by atoms with Crippen molar-refractivity contribution in [2.75, 3.05) is 0 Å². The molecule has 4 aromatic rings. The highest BCUT2D eigenvalue weighted by atomic mass is 79.9. The Morgan fingerprint density at radius 1 is 0.850 bits per heavy atom. The minimum atomic E-state index is -0.403. The molecule has 1 nitrogen and oxygen atoms in total. The van der Waals surface area contributed by atoms with Gasteiger partial charge in [0.15, 0.2) is 0 Å². The highest BCUT2D eigenvalue weighted by molar-refractivity contribution is 9.10. The number of nitrogens with zero attached hydrogens (tertiary/aromatic N) is 1. The van der Waals surface area contributed by atoms with E-state index in [1.807, 2.05) is 6.07 Å². The van der Waals surface area contributed by atoms with Crippen LogP contribution in [0.1, 0.15) is 9.60 Å². The van der Waals surface area contributed by atoms with Gasteiger partial charge in [0, 0.05) is 20.9 Å². The number of para-hydroxylation sites is 2. The molecule has 0 amide bonds. The topological polar surface area (TPSA) is 4.93 Å². The van der Waals surface area contributed by atoms with E-state index in [9.17, 15) is 0 Å². The van der Waals surface area contributed by atoms with Crippen LogP contribution in [0.5, 0.6) is 0 Å². The van der Waals surface area contributed by atoms with Crippen LogP contribution in [0.25, 0.3) is 27.5 Å². The van der Waals surface area contributed by atoms with E-state index in [2.05, 4.69) is 15.9 Å². The number of hydrogen-bond acceptors (Lipinski definition) is 0. The summed E-state index contributed by atoms with van der Waals surface area (Å²) >= 11 is 3.20. The van der Waals surface area contributed by atoms with Crippen LogP contribution in [-0.2, 0) is 0 Å². The molecule has 4 rings (SSSR count).